The molecule has 1 rings (SSSR count). The van der Waals surface area contributed by atoms with Gasteiger partial charge in [0.1, 0.15) is 11.5 Å². The van der Waals surface area contributed by atoms with E-state index < -0.39 is 5.97 Å². The van der Waals surface area contributed by atoms with Crippen molar-refractivity contribution in [1.82, 2.24) is 5.59 Å². The molecule has 0 saturated carbocycles. The lowest BCUT2D eigenvalue weighted by atomic mass is 10.1. The minimum atomic E-state index is -0.495. The first-order chi connectivity index (χ1) is 8.61. The Morgan fingerprint density at radius 2 is 1.94 bits per heavy atom. The molecule has 3 N–H and O–H groups in total. The van der Waals surface area contributed by atoms with E-state index in [2.05, 4.69) is 4.84 Å². The van der Waals surface area contributed by atoms with Gasteiger partial charge in [-0.1, -0.05) is 17.7 Å². The lowest BCUT2D eigenvalue weighted by Crippen LogP contribution is -2.26. The second-order valence-electron chi connectivity index (χ2n) is 3.71. The first-order valence-electron chi connectivity index (χ1n) is 5.48. The van der Waals surface area contributed by atoms with Crippen LogP contribution in [0.4, 0.5) is 0 Å². The van der Waals surface area contributed by atoms with Crippen LogP contribution in [-0.2, 0) is 20.8 Å². The van der Waals surface area contributed by atoms with Crippen LogP contribution >= 0.6 is 0 Å². The number of carbonyl (C=O) groups is 2. The monoisotopic (exact) mass is 252 g/mol. The van der Waals surface area contributed by atoms with E-state index in [9.17, 15) is 9.59 Å². The topological polar surface area (TPSA) is 90.7 Å². The molecule has 0 bridgehead atoms. The molecule has 0 atom stereocenters. The summed E-state index contributed by atoms with van der Waals surface area (Å²) in [5, 5.41) is 0. The van der Waals surface area contributed by atoms with Crippen molar-refractivity contribution in [1.29, 1.82) is 0 Å². The van der Waals surface area contributed by atoms with E-state index in [1.54, 1.807) is 24.6 Å². The van der Waals surface area contributed by atoms with Crippen LogP contribution in [0.5, 0.6) is 5.75 Å². The van der Waals surface area contributed by atoms with Crippen LogP contribution in [-0.4, -0.2) is 18.4 Å². The van der Waals surface area contributed by atoms with Gasteiger partial charge in [-0.25, -0.2) is 5.84 Å². The molecule has 0 aromatic heterocycles. The molecule has 18 heavy (non-hydrogen) atoms. The van der Waals surface area contributed by atoms with Gasteiger partial charge in [0.2, 0.25) is 0 Å². The molecule has 1 aromatic rings. The first kappa shape index (κ1) is 14.1. The van der Waals surface area contributed by atoms with Gasteiger partial charge in [-0.3, -0.25) is 9.59 Å². The number of ether oxygens (including phenoxy) is 1. The first-order valence-corrected chi connectivity index (χ1v) is 5.48. The Labute approximate surface area is 105 Å². The molecule has 6 nitrogen and oxygen atoms in total. The van der Waals surface area contributed by atoms with Crippen LogP contribution in [0.15, 0.2) is 24.3 Å². The zero-order valence-electron chi connectivity index (χ0n) is 10.1. The normalized spacial score (nSPS) is 9.89. The van der Waals surface area contributed by atoms with Gasteiger partial charge in [0.05, 0.1) is 13.0 Å². The van der Waals surface area contributed by atoms with Crippen molar-refractivity contribution in [2.45, 2.75) is 19.8 Å². The molecule has 98 valence electrons. The molecule has 0 unspecified atom stereocenters. The number of hydrogen-bond acceptors (Lipinski definition) is 6. The number of hydrazine groups is 1. The van der Waals surface area contributed by atoms with Gasteiger partial charge in [-0.05, 0) is 24.6 Å². The highest BCUT2D eigenvalue weighted by atomic mass is 16.7. The van der Waals surface area contributed by atoms with Crippen molar-refractivity contribution < 1.29 is 19.2 Å². The second-order valence-corrected chi connectivity index (χ2v) is 3.71. The maximum atomic E-state index is 10.9. The van der Waals surface area contributed by atoms with E-state index in [-0.39, 0.29) is 18.8 Å². The number of rotatable bonds is 7. The maximum absolute atomic E-state index is 10.9. The summed E-state index contributed by atoms with van der Waals surface area (Å²) in [6.07, 6.45) is 0.508. The number of benzene rings is 1. The molecule has 0 aliphatic rings. The fourth-order valence-electron chi connectivity index (χ4n) is 1.36. The summed E-state index contributed by atoms with van der Waals surface area (Å²) < 4.78 is 5.33. The van der Waals surface area contributed by atoms with E-state index in [0.717, 1.165) is 5.56 Å². The molecule has 0 aliphatic carbocycles. The van der Waals surface area contributed by atoms with Gasteiger partial charge in [0, 0.05) is 6.42 Å². The summed E-state index contributed by atoms with van der Waals surface area (Å²) in [5.41, 5.74) is 2.74. The minimum Gasteiger partial charge on any atom is -0.493 e. The fraction of sp³-hybridized carbons (Fsp3) is 0.333. The quantitative estimate of drug-likeness (QED) is 0.542. The van der Waals surface area contributed by atoms with Crippen LogP contribution < -0.4 is 16.2 Å². The Kier molecular flexibility index (Phi) is 5.83. The van der Waals surface area contributed by atoms with Gasteiger partial charge >= 0.3 is 5.97 Å². The molecular weight excluding hydrogens is 236 g/mol. The summed E-state index contributed by atoms with van der Waals surface area (Å²) in [5.74, 6) is 5.06. The Morgan fingerprint density at radius 1 is 1.28 bits per heavy atom. The minimum absolute atomic E-state index is 0.0966. The summed E-state index contributed by atoms with van der Waals surface area (Å²) in [7, 11) is 0. The molecular formula is C12H16N2O4. The SMILES string of the molecule is CC(=O)Cc1ccc(OCCC(=O)ONN)cc1. The van der Waals surface area contributed by atoms with E-state index in [1.165, 1.54) is 0 Å². The third-order valence-corrected chi connectivity index (χ3v) is 2.12. The highest BCUT2D eigenvalue weighted by Crippen LogP contribution is 2.13. The largest absolute Gasteiger partial charge is 0.493 e. The summed E-state index contributed by atoms with van der Waals surface area (Å²) in [6, 6.07) is 7.14. The Morgan fingerprint density at radius 3 is 2.50 bits per heavy atom. The smallest absolute Gasteiger partial charge is 0.329 e. The third kappa shape index (κ3) is 5.42. The summed E-state index contributed by atoms with van der Waals surface area (Å²) in [4.78, 5) is 26.1. The van der Waals surface area contributed by atoms with Crippen molar-refractivity contribution in [2.24, 2.45) is 5.84 Å². The van der Waals surface area contributed by atoms with Crippen LogP contribution in [0.25, 0.3) is 0 Å². The lowest BCUT2D eigenvalue weighted by Gasteiger charge is -2.06. The zero-order chi connectivity index (χ0) is 13.4. The second kappa shape index (κ2) is 7.41. The number of carbonyl (C=O) groups excluding carboxylic acids is 2. The number of nitrogens with two attached hydrogens (primary N) is 1. The molecule has 6 heteroatoms. The summed E-state index contributed by atoms with van der Waals surface area (Å²) >= 11 is 0. The van der Waals surface area contributed by atoms with Crippen molar-refractivity contribution >= 4 is 11.8 Å². The Bertz CT molecular complexity index is 403. The zero-order valence-corrected chi connectivity index (χ0v) is 10.1. The molecule has 0 aliphatic heterocycles. The van der Waals surface area contributed by atoms with E-state index >= 15 is 0 Å². The Balaban J connectivity index is 2.35. The predicted octanol–water partition coefficient (Wildman–Crippen LogP) is 0.509. The van der Waals surface area contributed by atoms with Crippen LogP contribution in [0.3, 0.4) is 0 Å². The molecule has 0 saturated heterocycles. The van der Waals surface area contributed by atoms with E-state index in [4.69, 9.17) is 10.6 Å². The van der Waals surface area contributed by atoms with Crippen molar-refractivity contribution in [3.8, 4) is 5.75 Å². The van der Waals surface area contributed by atoms with Crippen LogP contribution in [0, 0.1) is 0 Å². The van der Waals surface area contributed by atoms with E-state index in [1.807, 2.05) is 12.1 Å². The van der Waals surface area contributed by atoms with Gasteiger partial charge in [0.15, 0.2) is 0 Å². The molecule has 1 aromatic carbocycles. The highest BCUT2D eigenvalue weighted by molar-refractivity contribution is 5.78. The third-order valence-electron chi connectivity index (χ3n) is 2.12. The number of Topliss-reactive ketones (excluding diaryl/α,β-unsaturated/α-hetero) is 1. The number of ketones is 1. The average Bonchev–Trinajstić information content (AvgIpc) is 2.31. The highest BCUT2D eigenvalue weighted by Gasteiger charge is 2.03. The molecule has 0 spiro atoms. The van der Waals surface area contributed by atoms with Gasteiger partial charge < -0.3 is 9.57 Å². The predicted molar refractivity (Wildman–Crippen MR) is 64.4 cm³/mol. The number of nitrogens with one attached hydrogen (secondary N) is 1. The Hall–Kier alpha value is -1.92. The molecule has 0 heterocycles. The number of hydrogen-bond donors (Lipinski definition) is 2. The van der Waals surface area contributed by atoms with Crippen molar-refractivity contribution in [3.05, 3.63) is 29.8 Å². The van der Waals surface area contributed by atoms with Gasteiger partial charge in [0.25, 0.3) is 0 Å². The fourth-order valence-corrected chi connectivity index (χ4v) is 1.36. The van der Waals surface area contributed by atoms with Crippen LogP contribution in [0.2, 0.25) is 0 Å². The van der Waals surface area contributed by atoms with Crippen molar-refractivity contribution in [2.75, 3.05) is 6.61 Å². The van der Waals surface area contributed by atoms with Gasteiger partial charge in [-0.2, -0.15) is 0 Å². The molecule has 0 radical (unpaired) electrons. The average molecular weight is 252 g/mol. The summed E-state index contributed by atoms with van der Waals surface area (Å²) in [6.45, 7) is 1.74. The maximum Gasteiger partial charge on any atom is 0.329 e. The molecule has 0 amide bonds. The van der Waals surface area contributed by atoms with Gasteiger partial charge in [-0.15, -0.1) is 0 Å². The standard InChI is InChI=1S/C12H16N2O4/c1-9(15)8-10-2-4-11(5-3-10)17-7-6-12(16)18-14-13/h2-5,14H,6-8,13H2,1H3. The van der Waals surface area contributed by atoms with Crippen molar-refractivity contribution in [3.63, 3.8) is 0 Å². The lowest BCUT2D eigenvalue weighted by molar-refractivity contribution is -0.151. The van der Waals surface area contributed by atoms with E-state index in [0.29, 0.717) is 12.2 Å². The van der Waals surface area contributed by atoms with Crippen LogP contribution in [0.1, 0.15) is 18.9 Å². The molecule has 0 fully saturated rings.